The second kappa shape index (κ2) is 4.88. The van der Waals surface area contributed by atoms with Gasteiger partial charge in [0.25, 0.3) is 5.91 Å². The highest BCUT2D eigenvalue weighted by molar-refractivity contribution is 5.82. The summed E-state index contributed by atoms with van der Waals surface area (Å²) >= 11 is 0. The van der Waals surface area contributed by atoms with Gasteiger partial charge in [-0.15, -0.1) is 0 Å². The van der Waals surface area contributed by atoms with Gasteiger partial charge in [-0.2, -0.15) is 0 Å². The van der Waals surface area contributed by atoms with E-state index in [1.807, 2.05) is 4.90 Å². The molecular weight excluding hydrogens is 234 g/mol. The lowest BCUT2D eigenvalue weighted by Gasteiger charge is -2.39. The molecule has 2 heterocycles. The number of hydrogen-bond donors (Lipinski definition) is 1. The van der Waals surface area contributed by atoms with Crippen molar-refractivity contribution >= 4 is 11.9 Å². The SMILES string of the molecule is CC1(C)CCCN(C(=O)C2CCC(C(=O)O)O2)C1. The Morgan fingerprint density at radius 3 is 2.50 bits per heavy atom. The molecule has 1 amide bonds. The van der Waals surface area contributed by atoms with Gasteiger partial charge >= 0.3 is 5.97 Å². The summed E-state index contributed by atoms with van der Waals surface area (Å²) in [6.07, 6.45) is 1.72. The van der Waals surface area contributed by atoms with Gasteiger partial charge in [-0.3, -0.25) is 4.79 Å². The summed E-state index contributed by atoms with van der Waals surface area (Å²) in [5.41, 5.74) is 0.152. The molecule has 0 bridgehead atoms. The van der Waals surface area contributed by atoms with E-state index in [0.29, 0.717) is 12.8 Å². The van der Waals surface area contributed by atoms with E-state index in [-0.39, 0.29) is 11.3 Å². The number of aliphatic carboxylic acids is 1. The summed E-state index contributed by atoms with van der Waals surface area (Å²) in [7, 11) is 0. The predicted octanol–water partition coefficient (Wildman–Crippen LogP) is 1.27. The number of ether oxygens (including phenoxy) is 1. The number of nitrogens with zero attached hydrogens (tertiary/aromatic N) is 1. The first kappa shape index (κ1) is 13.3. The van der Waals surface area contributed by atoms with Gasteiger partial charge in [0, 0.05) is 13.1 Å². The maximum Gasteiger partial charge on any atom is 0.332 e. The third-order valence-corrected chi connectivity index (χ3v) is 3.78. The Morgan fingerprint density at radius 2 is 1.94 bits per heavy atom. The molecule has 5 heteroatoms. The molecular formula is C13H21NO4. The number of carbonyl (C=O) groups excluding carboxylic acids is 1. The Labute approximate surface area is 107 Å². The minimum absolute atomic E-state index is 0.0356. The quantitative estimate of drug-likeness (QED) is 0.807. The number of piperidine rings is 1. The van der Waals surface area contributed by atoms with Crippen LogP contribution in [0.25, 0.3) is 0 Å². The van der Waals surface area contributed by atoms with Gasteiger partial charge in [-0.05, 0) is 31.1 Å². The highest BCUT2D eigenvalue weighted by Crippen LogP contribution is 2.30. The maximum atomic E-state index is 12.3. The van der Waals surface area contributed by atoms with Gasteiger partial charge in [0.15, 0.2) is 6.10 Å². The van der Waals surface area contributed by atoms with Gasteiger partial charge in [-0.25, -0.2) is 4.79 Å². The van der Waals surface area contributed by atoms with Crippen LogP contribution in [0, 0.1) is 5.41 Å². The van der Waals surface area contributed by atoms with Crippen molar-refractivity contribution in [2.24, 2.45) is 5.41 Å². The van der Waals surface area contributed by atoms with Crippen LogP contribution in [0.4, 0.5) is 0 Å². The van der Waals surface area contributed by atoms with Crippen molar-refractivity contribution in [3.63, 3.8) is 0 Å². The topological polar surface area (TPSA) is 66.8 Å². The van der Waals surface area contributed by atoms with Crippen molar-refractivity contribution in [2.75, 3.05) is 13.1 Å². The Morgan fingerprint density at radius 1 is 1.28 bits per heavy atom. The fourth-order valence-electron chi connectivity index (χ4n) is 2.82. The van der Waals surface area contributed by atoms with Crippen LogP contribution in [0.2, 0.25) is 0 Å². The minimum atomic E-state index is -0.968. The number of carboxylic acids is 1. The summed E-state index contributed by atoms with van der Waals surface area (Å²) in [6, 6.07) is 0. The van der Waals surface area contributed by atoms with Crippen molar-refractivity contribution < 1.29 is 19.4 Å². The molecule has 2 aliphatic heterocycles. The molecule has 0 aliphatic carbocycles. The smallest absolute Gasteiger partial charge is 0.332 e. The molecule has 102 valence electrons. The summed E-state index contributed by atoms with van der Waals surface area (Å²) in [4.78, 5) is 24.9. The van der Waals surface area contributed by atoms with E-state index in [4.69, 9.17) is 9.84 Å². The average Bonchev–Trinajstić information content (AvgIpc) is 2.76. The molecule has 1 N–H and O–H groups in total. The van der Waals surface area contributed by atoms with Crippen LogP contribution in [0.15, 0.2) is 0 Å². The summed E-state index contributed by atoms with van der Waals surface area (Å²) < 4.78 is 5.32. The highest BCUT2D eigenvalue weighted by atomic mass is 16.5. The number of carboxylic acid groups (broad SMARTS) is 1. The molecule has 0 aromatic rings. The van der Waals surface area contributed by atoms with Gasteiger partial charge in [0.2, 0.25) is 0 Å². The van der Waals surface area contributed by atoms with Crippen LogP contribution < -0.4 is 0 Å². The van der Waals surface area contributed by atoms with Crippen LogP contribution in [0.1, 0.15) is 39.5 Å². The monoisotopic (exact) mass is 255 g/mol. The first-order chi connectivity index (χ1) is 8.39. The molecule has 2 unspecified atom stereocenters. The molecule has 0 spiro atoms. The van der Waals surface area contributed by atoms with E-state index >= 15 is 0 Å². The predicted molar refractivity (Wildman–Crippen MR) is 65.1 cm³/mol. The van der Waals surface area contributed by atoms with Crippen molar-refractivity contribution in [1.82, 2.24) is 4.90 Å². The number of carbonyl (C=O) groups is 2. The molecule has 0 aromatic carbocycles. The molecule has 5 nitrogen and oxygen atoms in total. The van der Waals surface area contributed by atoms with E-state index in [1.165, 1.54) is 0 Å². The van der Waals surface area contributed by atoms with Crippen LogP contribution in [-0.2, 0) is 14.3 Å². The number of rotatable bonds is 2. The molecule has 2 atom stereocenters. The molecule has 0 radical (unpaired) electrons. The van der Waals surface area contributed by atoms with Crippen LogP contribution in [0.3, 0.4) is 0 Å². The van der Waals surface area contributed by atoms with Crippen molar-refractivity contribution in [2.45, 2.75) is 51.7 Å². The van der Waals surface area contributed by atoms with E-state index in [2.05, 4.69) is 13.8 Å². The fourth-order valence-corrected chi connectivity index (χ4v) is 2.82. The lowest BCUT2D eigenvalue weighted by molar-refractivity contribution is -0.156. The van der Waals surface area contributed by atoms with E-state index in [0.717, 1.165) is 25.9 Å². The zero-order valence-corrected chi connectivity index (χ0v) is 11.0. The number of likely N-dealkylation sites (tertiary alicyclic amines) is 1. The third kappa shape index (κ3) is 2.83. The molecule has 18 heavy (non-hydrogen) atoms. The zero-order chi connectivity index (χ0) is 13.3. The average molecular weight is 255 g/mol. The molecule has 0 aromatic heterocycles. The lowest BCUT2D eigenvalue weighted by Crippen LogP contribution is -2.47. The van der Waals surface area contributed by atoms with Gasteiger partial charge in [0.1, 0.15) is 6.10 Å². The standard InChI is InChI=1S/C13H21NO4/c1-13(2)6-3-7-14(8-13)11(15)9-4-5-10(18-9)12(16)17/h9-10H,3-8H2,1-2H3,(H,16,17). The van der Waals surface area contributed by atoms with Crippen molar-refractivity contribution in [3.8, 4) is 0 Å². The van der Waals surface area contributed by atoms with Crippen molar-refractivity contribution in [3.05, 3.63) is 0 Å². The van der Waals surface area contributed by atoms with E-state index < -0.39 is 18.2 Å². The number of hydrogen-bond acceptors (Lipinski definition) is 3. The molecule has 2 rings (SSSR count). The summed E-state index contributed by atoms with van der Waals surface area (Å²) in [5.74, 6) is -1.00. The summed E-state index contributed by atoms with van der Waals surface area (Å²) in [6.45, 7) is 5.81. The molecule has 2 aliphatic rings. The highest BCUT2D eigenvalue weighted by Gasteiger charge is 2.39. The largest absolute Gasteiger partial charge is 0.479 e. The molecule has 0 saturated carbocycles. The molecule has 2 saturated heterocycles. The number of amides is 1. The third-order valence-electron chi connectivity index (χ3n) is 3.78. The Hall–Kier alpha value is -1.10. The normalized spacial score (nSPS) is 31.3. The maximum absolute atomic E-state index is 12.3. The lowest BCUT2D eigenvalue weighted by atomic mass is 9.84. The second-order valence-electron chi connectivity index (χ2n) is 6.06. The Kier molecular flexibility index (Phi) is 3.61. The summed E-state index contributed by atoms with van der Waals surface area (Å²) in [5, 5.41) is 8.86. The van der Waals surface area contributed by atoms with Crippen LogP contribution >= 0.6 is 0 Å². The minimum Gasteiger partial charge on any atom is -0.479 e. The Balaban J connectivity index is 1.94. The van der Waals surface area contributed by atoms with Gasteiger partial charge in [0.05, 0.1) is 0 Å². The Bertz CT molecular complexity index is 353. The van der Waals surface area contributed by atoms with Gasteiger partial charge < -0.3 is 14.7 Å². The van der Waals surface area contributed by atoms with Crippen LogP contribution in [0.5, 0.6) is 0 Å². The van der Waals surface area contributed by atoms with Crippen molar-refractivity contribution in [1.29, 1.82) is 0 Å². The fraction of sp³-hybridized carbons (Fsp3) is 0.846. The zero-order valence-electron chi connectivity index (χ0n) is 11.0. The van der Waals surface area contributed by atoms with Gasteiger partial charge in [-0.1, -0.05) is 13.8 Å². The molecule has 2 fully saturated rings. The first-order valence-corrected chi connectivity index (χ1v) is 6.56. The van der Waals surface area contributed by atoms with E-state index in [1.54, 1.807) is 0 Å². The van der Waals surface area contributed by atoms with Crippen LogP contribution in [-0.4, -0.2) is 47.2 Å². The van der Waals surface area contributed by atoms with E-state index in [9.17, 15) is 9.59 Å². The second-order valence-corrected chi connectivity index (χ2v) is 6.06. The first-order valence-electron chi connectivity index (χ1n) is 6.56.